The van der Waals surface area contributed by atoms with Gasteiger partial charge in [-0.05, 0) is 61.9 Å². The quantitative estimate of drug-likeness (QED) is 0.605. The number of azo groups is 1. The molecule has 0 amide bonds. The fourth-order valence-electron chi connectivity index (χ4n) is 2.36. The molecule has 6 heteroatoms. The van der Waals surface area contributed by atoms with Gasteiger partial charge in [0.15, 0.2) is 0 Å². The Balaban J connectivity index is 1.79. The number of hydrogen-bond acceptors (Lipinski definition) is 4. The van der Waals surface area contributed by atoms with E-state index in [0.29, 0.717) is 11.4 Å². The summed E-state index contributed by atoms with van der Waals surface area (Å²) in [5.74, 6) is 0. The molecule has 0 aliphatic rings. The summed E-state index contributed by atoms with van der Waals surface area (Å²) < 4.78 is 27.6. The summed E-state index contributed by atoms with van der Waals surface area (Å²) in [6.07, 6.45) is 0. The smallest absolute Gasteiger partial charge is 0.261 e. The van der Waals surface area contributed by atoms with Crippen molar-refractivity contribution in [1.82, 2.24) is 0 Å². The van der Waals surface area contributed by atoms with Crippen molar-refractivity contribution in [1.29, 1.82) is 0 Å². The molecule has 0 saturated carbocycles. The zero-order valence-electron chi connectivity index (χ0n) is 14.5. The van der Waals surface area contributed by atoms with E-state index in [-0.39, 0.29) is 4.90 Å². The maximum atomic E-state index is 12.5. The largest absolute Gasteiger partial charge is 0.279 e. The molecule has 0 aromatic heterocycles. The highest BCUT2D eigenvalue weighted by Crippen LogP contribution is 2.26. The average Bonchev–Trinajstić information content (AvgIpc) is 2.63. The molecule has 0 aliphatic carbocycles. The topological polar surface area (TPSA) is 70.9 Å². The van der Waals surface area contributed by atoms with E-state index in [1.165, 1.54) is 0 Å². The molecular formula is C20H19N3O2S. The van der Waals surface area contributed by atoms with Gasteiger partial charge in [-0.1, -0.05) is 35.9 Å². The summed E-state index contributed by atoms with van der Waals surface area (Å²) in [4.78, 5) is 0.232. The lowest BCUT2D eigenvalue weighted by Crippen LogP contribution is -2.13. The van der Waals surface area contributed by atoms with Crippen LogP contribution in [0.5, 0.6) is 0 Å². The number of rotatable bonds is 5. The minimum absolute atomic E-state index is 0.232. The molecule has 0 aliphatic heterocycles. The van der Waals surface area contributed by atoms with Crippen LogP contribution < -0.4 is 4.72 Å². The Morgan fingerprint density at radius 2 is 1.42 bits per heavy atom. The third-order valence-electron chi connectivity index (χ3n) is 3.82. The van der Waals surface area contributed by atoms with Crippen LogP contribution in [0.3, 0.4) is 0 Å². The number of anilines is 1. The van der Waals surface area contributed by atoms with Crippen LogP contribution in [0.25, 0.3) is 0 Å². The van der Waals surface area contributed by atoms with E-state index in [2.05, 4.69) is 15.0 Å². The van der Waals surface area contributed by atoms with Crippen molar-refractivity contribution in [2.45, 2.75) is 18.7 Å². The molecule has 132 valence electrons. The first-order chi connectivity index (χ1) is 12.4. The van der Waals surface area contributed by atoms with E-state index in [0.717, 1.165) is 16.8 Å². The van der Waals surface area contributed by atoms with E-state index in [4.69, 9.17) is 0 Å². The summed E-state index contributed by atoms with van der Waals surface area (Å²) in [7, 11) is -3.62. The number of aryl methyl sites for hydroxylation is 2. The highest BCUT2D eigenvalue weighted by Gasteiger charge is 2.15. The molecule has 0 bridgehead atoms. The number of nitrogens with one attached hydrogen (secondary N) is 1. The van der Waals surface area contributed by atoms with E-state index in [9.17, 15) is 8.42 Å². The average molecular weight is 365 g/mol. The SMILES string of the molecule is Cc1ccc(S(=O)(=O)Nc2ccc(N=Nc3ccccc3)cc2C)cc1. The summed E-state index contributed by atoms with van der Waals surface area (Å²) in [5, 5.41) is 8.35. The molecule has 1 N–H and O–H groups in total. The Labute approximate surface area is 153 Å². The summed E-state index contributed by atoms with van der Waals surface area (Å²) in [5.41, 5.74) is 3.71. The maximum Gasteiger partial charge on any atom is 0.261 e. The molecule has 0 spiro atoms. The van der Waals surface area contributed by atoms with Gasteiger partial charge >= 0.3 is 0 Å². The minimum atomic E-state index is -3.62. The van der Waals surface area contributed by atoms with Gasteiger partial charge in [-0.3, -0.25) is 4.72 Å². The van der Waals surface area contributed by atoms with Crippen molar-refractivity contribution in [3.05, 3.63) is 83.9 Å². The molecule has 0 saturated heterocycles. The Kier molecular flexibility index (Phi) is 5.14. The Morgan fingerprint density at radius 1 is 0.769 bits per heavy atom. The molecule has 0 heterocycles. The first-order valence-electron chi connectivity index (χ1n) is 8.11. The van der Waals surface area contributed by atoms with Crippen LogP contribution in [0.4, 0.5) is 17.1 Å². The number of sulfonamides is 1. The zero-order valence-corrected chi connectivity index (χ0v) is 15.4. The van der Waals surface area contributed by atoms with Crippen molar-refractivity contribution in [2.75, 3.05) is 4.72 Å². The van der Waals surface area contributed by atoms with Crippen LogP contribution in [-0.2, 0) is 10.0 Å². The lowest BCUT2D eigenvalue weighted by molar-refractivity contribution is 0.601. The third kappa shape index (κ3) is 4.34. The standard InChI is InChI=1S/C20H19N3O2S/c1-15-8-11-19(12-9-15)26(24,25)23-20-13-10-18(14-16(20)2)22-21-17-6-4-3-5-7-17/h3-14,23H,1-2H3. The van der Waals surface area contributed by atoms with Crippen LogP contribution in [0.2, 0.25) is 0 Å². The molecule has 26 heavy (non-hydrogen) atoms. The van der Waals surface area contributed by atoms with Crippen LogP contribution in [0, 0.1) is 13.8 Å². The molecule has 0 radical (unpaired) electrons. The molecular weight excluding hydrogens is 346 g/mol. The molecule has 0 unspecified atom stereocenters. The predicted molar refractivity (Wildman–Crippen MR) is 104 cm³/mol. The fourth-order valence-corrected chi connectivity index (χ4v) is 3.49. The summed E-state index contributed by atoms with van der Waals surface area (Å²) in [6, 6.07) is 21.4. The maximum absolute atomic E-state index is 12.5. The van der Waals surface area contributed by atoms with Gasteiger partial charge in [-0.15, -0.1) is 0 Å². The zero-order chi connectivity index (χ0) is 18.6. The van der Waals surface area contributed by atoms with Gasteiger partial charge < -0.3 is 0 Å². The van der Waals surface area contributed by atoms with Gasteiger partial charge in [0, 0.05) is 0 Å². The highest BCUT2D eigenvalue weighted by molar-refractivity contribution is 7.92. The first kappa shape index (κ1) is 17.8. The van der Waals surface area contributed by atoms with E-state index in [1.807, 2.05) is 44.2 Å². The first-order valence-corrected chi connectivity index (χ1v) is 9.59. The highest BCUT2D eigenvalue weighted by atomic mass is 32.2. The van der Waals surface area contributed by atoms with Crippen LogP contribution in [-0.4, -0.2) is 8.42 Å². The van der Waals surface area contributed by atoms with Crippen LogP contribution in [0.15, 0.2) is 87.9 Å². The summed E-state index contributed by atoms with van der Waals surface area (Å²) >= 11 is 0. The molecule has 0 fully saturated rings. The fraction of sp³-hybridized carbons (Fsp3) is 0.100. The Hall–Kier alpha value is -2.99. The number of nitrogens with zero attached hydrogens (tertiary/aromatic N) is 2. The second-order valence-electron chi connectivity index (χ2n) is 5.95. The van der Waals surface area contributed by atoms with Crippen molar-refractivity contribution in [3.63, 3.8) is 0 Å². The molecule has 3 rings (SSSR count). The minimum Gasteiger partial charge on any atom is -0.279 e. The van der Waals surface area contributed by atoms with E-state index >= 15 is 0 Å². The van der Waals surface area contributed by atoms with E-state index < -0.39 is 10.0 Å². The van der Waals surface area contributed by atoms with Crippen LogP contribution in [0.1, 0.15) is 11.1 Å². The molecule has 3 aromatic rings. The molecule has 3 aromatic carbocycles. The number of hydrogen-bond donors (Lipinski definition) is 1. The van der Waals surface area contributed by atoms with Crippen molar-refractivity contribution >= 4 is 27.1 Å². The molecule has 5 nitrogen and oxygen atoms in total. The van der Waals surface area contributed by atoms with Gasteiger partial charge in [0.25, 0.3) is 10.0 Å². The predicted octanol–water partition coefficient (Wildman–Crippen LogP) is 5.52. The van der Waals surface area contributed by atoms with Crippen molar-refractivity contribution < 1.29 is 8.42 Å². The lowest BCUT2D eigenvalue weighted by Gasteiger charge is -2.11. The monoisotopic (exact) mass is 365 g/mol. The van der Waals surface area contributed by atoms with Gasteiger partial charge in [-0.25, -0.2) is 8.42 Å². The van der Waals surface area contributed by atoms with Gasteiger partial charge in [0.05, 0.1) is 22.0 Å². The van der Waals surface area contributed by atoms with Crippen molar-refractivity contribution in [3.8, 4) is 0 Å². The van der Waals surface area contributed by atoms with E-state index in [1.54, 1.807) is 42.5 Å². The summed E-state index contributed by atoms with van der Waals surface area (Å²) in [6.45, 7) is 3.74. The lowest BCUT2D eigenvalue weighted by atomic mass is 10.2. The Bertz CT molecular complexity index is 1030. The number of benzene rings is 3. The normalized spacial score (nSPS) is 11.6. The van der Waals surface area contributed by atoms with Gasteiger partial charge in [0.2, 0.25) is 0 Å². The second kappa shape index (κ2) is 7.49. The molecule has 0 atom stereocenters. The van der Waals surface area contributed by atoms with Crippen molar-refractivity contribution in [2.24, 2.45) is 10.2 Å². The van der Waals surface area contributed by atoms with Gasteiger partial charge in [-0.2, -0.15) is 10.2 Å². The third-order valence-corrected chi connectivity index (χ3v) is 5.20. The Morgan fingerprint density at radius 3 is 2.08 bits per heavy atom. The second-order valence-corrected chi connectivity index (χ2v) is 7.64. The van der Waals surface area contributed by atoms with Crippen LogP contribution >= 0.6 is 0 Å². The van der Waals surface area contributed by atoms with Gasteiger partial charge in [0.1, 0.15) is 0 Å².